The van der Waals surface area contributed by atoms with Crippen LogP contribution in [-0.2, 0) is 6.18 Å². The van der Waals surface area contributed by atoms with Gasteiger partial charge in [0.1, 0.15) is 17.6 Å². The van der Waals surface area contributed by atoms with Gasteiger partial charge in [0.05, 0.1) is 16.1 Å². The number of anilines is 1. The van der Waals surface area contributed by atoms with Crippen LogP contribution in [0.5, 0.6) is 0 Å². The summed E-state index contributed by atoms with van der Waals surface area (Å²) in [7, 11) is 0. The van der Waals surface area contributed by atoms with E-state index in [1.165, 1.54) is 18.5 Å². The Labute approximate surface area is 202 Å². The van der Waals surface area contributed by atoms with Crippen LogP contribution in [0.2, 0.25) is 5.02 Å². The number of halogens is 9. The average Bonchev–Trinajstić information content (AvgIpc) is 2.81. The monoisotopic (exact) mass is 536 g/mol. The van der Waals surface area contributed by atoms with Crippen LogP contribution < -0.4 is 10.9 Å². The van der Waals surface area contributed by atoms with E-state index in [9.17, 15) is 39.9 Å². The zero-order valence-corrected chi connectivity index (χ0v) is 18.3. The molecule has 1 unspecified atom stereocenters. The molecular weight excluding hydrogens is 524 g/mol. The minimum absolute atomic E-state index is 0.0348. The molecular formula is C22H13ClF8N4O. The van der Waals surface area contributed by atoms with Crippen LogP contribution in [0.4, 0.5) is 41.1 Å². The predicted molar refractivity (Wildman–Crippen MR) is 114 cm³/mol. The molecule has 1 heterocycles. The number of hydrogen-bond donors (Lipinski definition) is 2. The van der Waals surface area contributed by atoms with Gasteiger partial charge in [0.2, 0.25) is 5.95 Å². The molecule has 190 valence electrons. The summed E-state index contributed by atoms with van der Waals surface area (Å²) in [6.07, 6.45) is -7.63. The lowest BCUT2D eigenvalue weighted by Crippen LogP contribution is -2.32. The van der Waals surface area contributed by atoms with Crippen molar-refractivity contribution < 1.29 is 39.9 Å². The smallest absolute Gasteiger partial charge is 0.267 e. The maximum atomic E-state index is 14.8. The minimum Gasteiger partial charge on any atom is -0.267 e. The van der Waals surface area contributed by atoms with Crippen LogP contribution in [0.15, 0.2) is 60.9 Å². The van der Waals surface area contributed by atoms with Gasteiger partial charge < -0.3 is 0 Å². The summed E-state index contributed by atoms with van der Waals surface area (Å²) in [4.78, 5) is 19.7. The van der Waals surface area contributed by atoms with Crippen molar-refractivity contribution in [1.82, 2.24) is 15.4 Å². The molecule has 0 saturated carbocycles. The molecule has 3 aromatic rings. The average molecular weight is 537 g/mol. The van der Waals surface area contributed by atoms with Crippen molar-refractivity contribution in [3.8, 4) is 0 Å². The number of aromatic nitrogens is 2. The summed E-state index contributed by atoms with van der Waals surface area (Å²) >= 11 is 5.51. The fourth-order valence-electron chi connectivity index (χ4n) is 3.00. The SMILES string of the molecule is O=C(NNc1ncccn1)c1ccc(/C(F)=C/C(c2ccc(F)c(Cl)c2)C(F)(F)F)cc1C(F)(F)F. The van der Waals surface area contributed by atoms with Crippen molar-refractivity contribution in [3.05, 3.63) is 94.0 Å². The Kier molecular flexibility index (Phi) is 7.82. The molecule has 2 N–H and O–H groups in total. The van der Waals surface area contributed by atoms with Crippen molar-refractivity contribution in [2.75, 3.05) is 5.43 Å². The summed E-state index contributed by atoms with van der Waals surface area (Å²) in [5.41, 5.74) is 0.0780. The number of amides is 1. The Morgan fingerprint density at radius 1 is 1.00 bits per heavy atom. The number of nitrogens with zero attached hydrogens (tertiary/aromatic N) is 2. The molecule has 0 fully saturated rings. The second kappa shape index (κ2) is 10.5. The zero-order chi connectivity index (χ0) is 26.7. The highest BCUT2D eigenvalue weighted by molar-refractivity contribution is 6.30. The van der Waals surface area contributed by atoms with Crippen LogP contribution in [0, 0.1) is 5.82 Å². The molecule has 0 radical (unpaired) electrons. The van der Waals surface area contributed by atoms with Crippen LogP contribution in [0.1, 0.15) is 33.0 Å². The van der Waals surface area contributed by atoms with Gasteiger partial charge in [0.25, 0.3) is 5.91 Å². The fraction of sp³-hybridized carbons (Fsp3) is 0.136. The van der Waals surface area contributed by atoms with Crippen LogP contribution in [0.3, 0.4) is 0 Å². The normalized spacial score (nSPS) is 13.3. The number of alkyl halides is 6. The molecule has 0 aliphatic carbocycles. The van der Waals surface area contributed by atoms with E-state index in [4.69, 9.17) is 11.6 Å². The van der Waals surface area contributed by atoms with Gasteiger partial charge in [0.15, 0.2) is 0 Å². The third-order valence-electron chi connectivity index (χ3n) is 4.67. The van der Waals surface area contributed by atoms with Crippen molar-refractivity contribution in [2.24, 2.45) is 0 Å². The number of nitrogens with one attached hydrogen (secondary N) is 2. The first-order valence-electron chi connectivity index (χ1n) is 9.71. The third-order valence-corrected chi connectivity index (χ3v) is 4.96. The zero-order valence-electron chi connectivity index (χ0n) is 17.6. The number of hydrogen-bond acceptors (Lipinski definition) is 4. The van der Waals surface area contributed by atoms with Crippen molar-refractivity contribution in [1.29, 1.82) is 0 Å². The molecule has 1 amide bonds. The first kappa shape index (κ1) is 26.9. The van der Waals surface area contributed by atoms with Gasteiger partial charge in [-0.25, -0.2) is 18.7 Å². The van der Waals surface area contributed by atoms with E-state index in [-0.39, 0.29) is 18.1 Å². The van der Waals surface area contributed by atoms with Crippen molar-refractivity contribution in [2.45, 2.75) is 18.3 Å². The third kappa shape index (κ3) is 6.47. The van der Waals surface area contributed by atoms with Gasteiger partial charge in [-0.15, -0.1) is 0 Å². The highest BCUT2D eigenvalue weighted by atomic mass is 35.5. The maximum Gasteiger partial charge on any atom is 0.417 e. The lowest BCUT2D eigenvalue weighted by Gasteiger charge is -2.19. The highest BCUT2D eigenvalue weighted by Gasteiger charge is 2.40. The second-order valence-electron chi connectivity index (χ2n) is 7.12. The molecule has 0 aliphatic heterocycles. The Balaban J connectivity index is 1.96. The molecule has 1 atom stereocenters. The van der Waals surface area contributed by atoms with Gasteiger partial charge in [-0.1, -0.05) is 23.7 Å². The Morgan fingerprint density at radius 2 is 1.67 bits per heavy atom. The molecule has 0 aliphatic rings. The molecule has 36 heavy (non-hydrogen) atoms. The quantitative estimate of drug-likeness (QED) is 0.272. The summed E-state index contributed by atoms with van der Waals surface area (Å²) in [5, 5.41) is -0.653. The van der Waals surface area contributed by atoms with Crippen molar-refractivity contribution in [3.63, 3.8) is 0 Å². The largest absolute Gasteiger partial charge is 0.417 e. The van der Waals surface area contributed by atoms with Gasteiger partial charge >= 0.3 is 12.4 Å². The standard InChI is InChI=1S/C22H13ClF8N4O/c23-16-9-11(3-5-17(16)24)14(21(26,27)28)10-18(25)12-2-4-13(15(8-12)22(29,30)31)19(36)34-35-20-32-6-1-7-33-20/h1-10,14H,(H,34,36)(H,32,33,35)/b18-10-. The summed E-state index contributed by atoms with van der Waals surface area (Å²) in [5.74, 6) is -6.75. The number of carbonyl (C=O) groups excluding carboxylic acids is 1. The predicted octanol–water partition coefficient (Wildman–Crippen LogP) is 6.70. The van der Waals surface area contributed by atoms with E-state index >= 15 is 0 Å². The molecule has 2 aromatic carbocycles. The molecule has 0 spiro atoms. The van der Waals surface area contributed by atoms with E-state index in [0.29, 0.717) is 24.3 Å². The molecule has 0 bridgehead atoms. The number of allylic oxidation sites excluding steroid dienone is 1. The maximum absolute atomic E-state index is 14.8. The molecule has 1 aromatic heterocycles. The minimum atomic E-state index is -5.17. The molecule has 3 rings (SSSR count). The summed E-state index contributed by atoms with van der Waals surface area (Å²) in [6.45, 7) is 0. The van der Waals surface area contributed by atoms with E-state index < -0.39 is 63.1 Å². The van der Waals surface area contributed by atoms with Gasteiger partial charge in [0, 0.05) is 18.0 Å². The highest BCUT2D eigenvalue weighted by Crippen LogP contribution is 2.40. The number of carbonyl (C=O) groups is 1. The first-order valence-corrected chi connectivity index (χ1v) is 10.1. The van der Waals surface area contributed by atoms with E-state index in [1.807, 2.05) is 5.43 Å². The van der Waals surface area contributed by atoms with Gasteiger partial charge in [-0.2, -0.15) is 26.3 Å². The molecule has 0 saturated heterocycles. The topological polar surface area (TPSA) is 66.9 Å². The lowest BCUT2D eigenvalue weighted by molar-refractivity contribution is -0.140. The Hall–Kier alpha value is -3.74. The first-order chi connectivity index (χ1) is 16.8. The molecule has 14 heteroatoms. The lowest BCUT2D eigenvalue weighted by atomic mass is 9.95. The Morgan fingerprint density at radius 3 is 2.25 bits per heavy atom. The van der Waals surface area contributed by atoms with Crippen LogP contribution >= 0.6 is 11.6 Å². The van der Waals surface area contributed by atoms with E-state index in [2.05, 4.69) is 15.4 Å². The number of hydrazine groups is 1. The van der Waals surface area contributed by atoms with E-state index in [0.717, 1.165) is 6.07 Å². The molecule has 5 nitrogen and oxygen atoms in total. The van der Waals surface area contributed by atoms with Crippen molar-refractivity contribution >= 4 is 29.3 Å². The van der Waals surface area contributed by atoms with Crippen LogP contribution in [-0.4, -0.2) is 22.1 Å². The second-order valence-corrected chi connectivity index (χ2v) is 7.52. The summed E-state index contributed by atoms with van der Waals surface area (Å²) < 4.78 is 110. The van der Waals surface area contributed by atoms with Gasteiger partial charge in [-0.05, 0) is 42.0 Å². The number of rotatable bonds is 6. The van der Waals surface area contributed by atoms with Crippen LogP contribution in [0.25, 0.3) is 5.83 Å². The van der Waals surface area contributed by atoms with E-state index in [1.54, 1.807) is 0 Å². The fourth-order valence-corrected chi connectivity index (χ4v) is 3.19. The van der Waals surface area contributed by atoms with Gasteiger partial charge in [-0.3, -0.25) is 15.6 Å². The summed E-state index contributed by atoms with van der Waals surface area (Å²) in [6, 6.07) is 4.96. The Bertz CT molecular complexity index is 1280. The number of benzene rings is 2.